The molecule has 1 aromatic heterocycles. The molecule has 1 aromatic rings. The van der Waals surface area contributed by atoms with Gasteiger partial charge in [-0.15, -0.1) is 0 Å². The molecule has 2 unspecified atom stereocenters. The van der Waals surface area contributed by atoms with Crippen molar-refractivity contribution < 1.29 is 4.79 Å². The van der Waals surface area contributed by atoms with E-state index < -0.39 is 0 Å². The van der Waals surface area contributed by atoms with Gasteiger partial charge in [0.15, 0.2) is 5.82 Å². The van der Waals surface area contributed by atoms with E-state index in [1.807, 2.05) is 25.8 Å². The lowest BCUT2D eigenvalue weighted by Gasteiger charge is -2.13. The molecule has 0 radical (unpaired) electrons. The molecule has 0 saturated carbocycles. The fourth-order valence-electron chi connectivity index (χ4n) is 3.14. The number of nitriles is 1. The standard InChI is InChI=1S/C14H19N5O.C2H6/c1-19-8-9(6-10(19)7-15)14(20)16-13-11-4-2-3-5-12(11)17-18-13;1-2/h9-10H,2-6,8H2,1H3,(H2,16,17,18,20);1-2H3. The number of nitrogens with zero attached hydrogens (tertiary/aromatic N) is 3. The molecule has 1 aliphatic carbocycles. The zero-order valence-electron chi connectivity index (χ0n) is 13.6. The summed E-state index contributed by atoms with van der Waals surface area (Å²) in [5.74, 6) is 0.544. The summed E-state index contributed by atoms with van der Waals surface area (Å²) in [6.07, 6.45) is 4.93. The third-order valence-corrected chi connectivity index (χ3v) is 4.37. The van der Waals surface area contributed by atoms with Crippen LogP contribution in [0.25, 0.3) is 0 Å². The Bertz CT molecular complexity index is 559. The van der Waals surface area contributed by atoms with Crippen molar-refractivity contribution in [3.05, 3.63) is 11.3 Å². The molecule has 0 spiro atoms. The monoisotopic (exact) mass is 303 g/mol. The Morgan fingerprint density at radius 2 is 2.14 bits per heavy atom. The van der Waals surface area contributed by atoms with Gasteiger partial charge in [-0.25, -0.2) is 0 Å². The van der Waals surface area contributed by atoms with E-state index in [4.69, 9.17) is 5.26 Å². The second-order valence-electron chi connectivity index (χ2n) is 5.74. The zero-order valence-corrected chi connectivity index (χ0v) is 13.6. The summed E-state index contributed by atoms with van der Waals surface area (Å²) in [5.41, 5.74) is 2.32. The average Bonchev–Trinajstić information content (AvgIpc) is 3.13. The highest BCUT2D eigenvalue weighted by atomic mass is 16.2. The number of H-pyrrole nitrogens is 1. The first-order valence-corrected chi connectivity index (χ1v) is 8.16. The van der Waals surface area contributed by atoms with Gasteiger partial charge >= 0.3 is 0 Å². The van der Waals surface area contributed by atoms with E-state index in [-0.39, 0.29) is 17.9 Å². The molecule has 1 amide bonds. The summed E-state index contributed by atoms with van der Waals surface area (Å²) in [4.78, 5) is 14.2. The Labute approximate surface area is 131 Å². The molecule has 6 heteroatoms. The van der Waals surface area contributed by atoms with Gasteiger partial charge < -0.3 is 5.32 Å². The van der Waals surface area contributed by atoms with Crippen LogP contribution < -0.4 is 5.32 Å². The second kappa shape index (κ2) is 7.41. The number of likely N-dealkylation sites (tertiary alicyclic amines) is 1. The van der Waals surface area contributed by atoms with Crippen LogP contribution in [0.15, 0.2) is 0 Å². The molecule has 1 fully saturated rings. The minimum atomic E-state index is -0.154. The molecule has 2 heterocycles. The maximum absolute atomic E-state index is 12.3. The minimum Gasteiger partial charge on any atom is -0.309 e. The minimum absolute atomic E-state index is 0.0190. The van der Waals surface area contributed by atoms with Crippen LogP contribution in [0.1, 0.15) is 44.4 Å². The number of aryl methyl sites for hydroxylation is 1. The second-order valence-corrected chi connectivity index (χ2v) is 5.74. The summed E-state index contributed by atoms with van der Waals surface area (Å²) < 4.78 is 0. The van der Waals surface area contributed by atoms with E-state index in [0.29, 0.717) is 18.8 Å². The molecular weight excluding hydrogens is 278 g/mol. The predicted octanol–water partition coefficient (Wildman–Crippen LogP) is 2.10. The van der Waals surface area contributed by atoms with E-state index in [1.165, 1.54) is 6.42 Å². The largest absolute Gasteiger partial charge is 0.309 e. The fourth-order valence-corrected chi connectivity index (χ4v) is 3.14. The van der Waals surface area contributed by atoms with Crippen molar-refractivity contribution >= 4 is 11.7 Å². The van der Waals surface area contributed by atoms with Gasteiger partial charge in [0.1, 0.15) is 0 Å². The van der Waals surface area contributed by atoms with Crippen molar-refractivity contribution in [3.63, 3.8) is 0 Å². The molecular formula is C16H25N5O. The van der Waals surface area contributed by atoms with Crippen LogP contribution in [0.2, 0.25) is 0 Å². The number of hydrogen-bond acceptors (Lipinski definition) is 4. The van der Waals surface area contributed by atoms with Gasteiger partial charge in [0, 0.05) is 17.8 Å². The molecule has 3 rings (SSSR count). The van der Waals surface area contributed by atoms with Gasteiger partial charge in [0.25, 0.3) is 0 Å². The molecule has 6 nitrogen and oxygen atoms in total. The van der Waals surface area contributed by atoms with E-state index >= 15 is 0 Å². The Hall–Kier alpha value is -1.87. The molecule has 120 valence electrons. The van der Waals surface area contributed by atoms with Crippen molar-refractivity contribution in [1.29, 1.82) is 5.26 Å². The van der Waals surface area contributed by atoms with Gasteiger partial charge in [-0.1, -0.05) is 13.8 Å². The van der Waals surface area contributed by atoms with E-state index in [9.17, 15) is 4.79 Å². The Balaban J connectivity index is 0.000000847. The Morgan fingerprint density at radius 1 is 1.41 bits per heavy atom. The summed E-state index contributed by atoms with van der Waals surface area (Å²) >= 11 is 0. The number of rotatable bonds is 2. The van der Waals surface area contributed by atoms with Gasteiger partial charge in [-0.3, -0.25) is 14.8 Å². The first-order chi connectivity index (χ1) is 10.7. The van der Waals surface area contributed by atoms with Crippen LogP contribution >= 0.6 is 0 Å². The molecule has 0 bridgehead atoms. The van der Waals surface area contributed by atoms with E-state index in [0.717, 1.165) is 30.5 Å². The Kier molecular flexibility index (Phi) is 5.56. The molecule has 0 aromatic carbocycles. The van der Waals surface area contributed by atoms with Crippen LogP contribution in [0.3, 0.4) is 0 Å². The maximum atomic E-state index is 12.3. The summed E-state index contributed by atoms with van der Waals surface area (Å²) in [5, 5.41) is 19.2. The first-order valence-electron chi connectivity index (χ1n) is 8.16. The van der Waals surface area contributed by atoms with E-state index in [1.54, 1.807) is 0 Å². The normalized spacial score (nSPS) is 23.9. The number of hydrogen-bond donors (Lipinski definition) is 2. The van der Waals surface area contributed by atoms with Gasteiger partial charge in [-0.05, 0) is 39.2 Å². The number of carbonyl (C=O) groups excluding carboxylic acids is 1. The van der Waals surface area contributed by atoms with Crippen molar-refractivity contribution in [1.82, 2.24) is 15.1 Å². The first kappa shape index (κ1) is 16.5. The molecule has 2 aliphatic rings. The number of nitrogens with one attached hydrogen (secondary N) is 2. The summed E-state index contributed by atoms with van der Waals surface area (Å²) in [7, 11) is 1.89. The third-order valence-electron chi connectivity index (χ3n) is 4.37. The van der Waals surface area contributed by atoms with Gasteiger partial charge in [0.05, 0.1) is 18.0 Å². The third kappa shape index (κ3) is 3.30. The highest BCUT2D eigenvalue weighted by molar-refractivity contribution is 5.92. The van der Waals surface area contributed by atoms with Crippen LogP contribution in [-0.4, -0.2) is 40.6 Å². The quantitative estimate of drug-likeness (QED) is 0.876. The maximum Gasteiger partial charge on any atom is 0.230 e. The number of anilines is 1. The van der Waals surface area contributed by atoms with Crippen LogP contribution in [-0.2, 0) is 17.6 Å². The molecule has 2 N–H and O–H groups in total. The fraction of sp³-hybridized carbons (Fsp3) is 0.688. The highest BCUT2D eigenvalue weighted by Gasteiger charge is 2.34. The number of carbonyl (C=O) groups is 1. The van der Waals surface area contributed by atoms with Crippen LogP contribution in [0.4, 0.5) is 5.82 Å². The number of fused-ring (bicyclic) bond motifs is 1. The highest BCUT2D eigenvalue weighted by Crippen LogP contribution is 2.27. The lowest BCUT2D eigenvalue weighted by atomic mass is 9.97. The van der Waals surface area contributed by atoms with Crippen LogP contribution in [0, 0.1) is 17.2 Å². The lowest BCUT2D eigenvalue weighted by Crippen LogP contribution is -2.26. The SMILES string of the molecule is CC.CN1CC(C(=O)Nc2n[nH]c3c2CCCC3)CC1C#N. The summed E-state index contributed by atoms with van der Waals surface area (Å²) in [6.45, 7) is 4.64. The van der Waals surface area contributed by atoms with Crippen LogP contribution in [0.5, 0.6) is 0 Å². The van der Waals surface area contributed by atoms with Crippen molar-refractivity contribution in [2.45, 2.75) is 52.0 Å². The molecule has 1 saturated heterocycles. The van der Waals surface area contributed by atoms with Gasteiger partial charge in [-0.2, -0.15) is 10.4 Å². The smallest absolute Gasteiger partial charge is 0.230 e. The number of aromatic amines is 1. The van der Waals surface area contributed by atoms with E-state index in [2.05, 4.69) is 21.6 Å². The topological polar surface area (TPSA) is 84.8 Å². The average molecular weight is 303 g/mol. The molecule has 1 aliphatic heterocycles. The van der Waals surface area contributed by atoms with Crippen molar-refractivity contribution in [2.75, 3.05) is 18.9 Å². The van der Waals surface area contributed by atoms with Gasteiger partial charge in [0.2, 0.25) is 5.91 Å². The van der Waals surface area contributed by atoms with Crippen molar-refractivity contribution in [3.8, 4) is 6.07 Å². The lowest BCUT2D eigenvalue weighted by molar-refractivity contribution is -0.119. The summed E-state index contributed by atoms with van der Waals surface area (Å²) in [6, 6.07) is 2.08. The zero-order chi connectivity index (χ0) is 16.1. The molecule has 22 heavy (non-hydrogen) atoms. The Morgan fingerprint density at radius 3 is 2.82 bits per heavy atom. The predicted molar refractivity (Wildman–Crippen MR) is 85.3 cm³/mol. The number of amides is 1. The molecule has 2 atom stereocenters. The van der Waals surface area contributed by atoms with Crippen molar-refractivity contribution in [2.24, 2.45) is 5.92 Å². The number of aromatic nitrogens is 2.